The Balaban J connectivity index is 1.07. The van der Waals surface area contributed by atoms with Gasteiger partial charge in [-0.2, -0.15) is 9.97 Å². The lowest BCUT2D eigenvalue weighted by atomic mass is 9.64. The molecule has 9 aromatic carbocycles. The van der Waals surface area contributed by atoms with Gasteiger partial charge in [-0.1, -0.05) is 152 Å². The zero-order chi connectivity index (χ0) is 41.9. The first-order valence-corrected chi connectivity index (χ1v) is 23.2. The maximum absolute atomic E-state index is 5.48. The molecule has 4 nitrogen and oxygen atoms in total. The van der Waals surface area contributed by atoms with Crippen LogP contribution in [0.4, 0.5) is 17.3 Å². The molecule has 0 unspecified atom stereocenters. The number of anilines is 3. The van der Waals surface area contributed by atoms with Gasteiger partial charge in [0, 0.05) is 51.5 Å². The van der Waals surface area contributed by atoms with E-state index in [0.29, 0.717) is 17.6 Å². The third-order valence-electron chi connectivity index (χ3n) is 13.3. The second kappa shape index (κ2) is 13.6. The number of rotatable bonds is 4. The predicted octanol–water partition coefficient (Wildman–Crippen LogP) is 15.8. The lowest BCUT2D eigenvalue weighted by Crippen LogP contribution is -2.36. The Bertz CT molecular complexity index is 3840. The summed E-state index contributed by atoms with van der Waals surface area (Å²) in [6, 6.07) is 75.0. The van der Waals surface area contributed by atoms with Crippen LogP contribution in [0.1, 0.15) is 22.3 Å². The van der Waals surface area contributed by atoms with Gasteiger partial charge in [-0.05, 0) is 99.1 Å². The lowest BCUT2D eigenvalue weighted by molar-refractivity contribution is 0.749. The fourth-order valence-corrected chi connectivity index (χ4v) is 12.9. The van der Waals surface area contributed by atoms with Crippen LogP contribution in [0.15, 0.2) is 206 Å². The SMILES string of the molecule is c1ccc(-c2nc(-c3ccc4sc5ccccc5c4c3)nc(N3c4ccccc4C4(c5ccccc5-c5ccccc54)c4cc(-c5cccc6sc7ccccc7c56)ccc43)n2)cc1. The molecule has 2 aliphatic rings. The van der Waals surface area contributed by atoms with Crippen molar-refractivity contribution in [1.82, 2.24) is 15.0 Å². The zero-order valence-corrected chi connectivity index (χ0v) is 35.9. The second-order valence-corrected chi connectivity index (χ2v) is 18.8. The first kappa shape index (κ1) is 35.8. The van der Waals surface area contributed by atoms with E-state index in [1.54, 1.807) is 0 Å². The maximum Gasteiger partial charge on any atom is 0.238 e. The minimum absolute atomic E-state index is 0.570. The van der Waals surface area contributed by atoms with Gasteiger partial charge in [-0.15, -0.1) is 22.7 Å². The first-order valence-electron chi connectivity index (χ1n) is 21.6. The molecule has 3 aromatic heterocycles. The van der Waals surface area contributed by atoms with Crippen LogP contribution >= 0.6 is 22.7 Å². The monoisotopic (exact) mass is 850 g/mol. The normalized spacial score (nSPS) is 13.4. The van der Waals surface area contributed by atoms with Gasteiger partial charge in [0.15, 0.2) is 11.6 Å². The molecule has 0 amide bonds. The van der Waals surface area contributed by atoms with E-state index < -0.39 is 5.41 Å². The van der Waals surface area contributed by atoms with Crippen LogP contribution < -0.4 is 4.90 Å². The van der Waals surface area contributed by atoms with Crippen molar-refractivity contribution < 1.29 is 0 Å². The van der Waals surface area contributed by atoms with Gasteiger partial charge in [-0.25, -0.2) is 4.98 Å². The van der Waals surface area contributed by atoms with E-state index in [1.807, 2.05) is 40.9 Å². The standard InChI is InChI=1S/C58H34N4S2/c1-2-15-35(16-3-1)55-59-56(37-30-32-52-43(33-37)41-19-6-12-26-50(41)63-52)61-57(60-55)62-48-25-11-10-24-46(48)58(44-22-8-4-17-39(44)40-18-5-9-23-45(40)58)47-34-36(29-31-49(47)62)38-21-14-28-53-54(38)42-20-7-13-27-51(42)64-53/h1-34H. The molecule has 1 aliphatic carbocycles. The summed E-state index contributed by atoms with van der Waals surface area (Å²) in [4.78, 5) is 18.4. The van der Waals surface area contributed by atoms with Gasteiger partial charge in [0.05, 0.1) is 16.8 Å². The summed E-state index contributed by atoms with van der Waals surface area (Å²) in [5.41, 5.74) is 13.2. The Morgan fingerprint density at radius 1 is 0.344 bits per heavy atom. The quantitative estimate of drug-likeness (QED) is 0.177. The van der Waals surface area contributed by atoms with Crippen molar-refractivity contribution in [3.05, 3.63) is 229 Å². The van der Waals surface area contributed by atoms with Crippen LogP contribution in [-0.2, 0) is 5.41 Å². The molecular formula is C58H34N4S2. The first-order chi connectivity index (χ1) is 31.7. The molecule has 0 saturated carbocycles. The van der Waals surface area contributed by atoms with E-state index in [4.69, 9.17) is 15.0 Å². The van der Waals surface area contributed by atoms with Crippen molar-refractivity contribution in [2.75, 3.05) is 4.90 Å². The summed E-state index contributed by atoms with van der Waals surface area (Å²) >= 11 is 3.67. The minimum Gasteiger partial charge on any atom is -0.278 e. The van der Waals surface area contributed by atoms with Crippen molar-refractivity contribution in [2.45, 2.75) is 5.41 Å². The van der Waals surface area contributed by atoms with Crippen LogP contribution in [0, 0.1) is 0 Å². The Kier molecular flexibility index (Phi) is 7.61. The van der Waals surface area contributed by atoms with Crippen LogP contribution in [0.25, 0.3) is 85.4 Å². The van der Waals surface area contributed by atoms with Crippen molar-refractivity contribution in [1.29, 1.82) is 0 Å². The summed E-state index contributed by atoms with van der Waals surface area (Å²) in [6.07, 6.45) is 0. The minimum atomic E-state index is -0.626. The van der Waals surface area contributed by atoms with E-state index in [2.05, 4.69) is 193 Å². The van der Waals surface area contributed by atoms with Gasteiger partial charge in [0.25, 0.3) is 0 Å². The van der Waals surface area contributed by atoms with E-state index in [1.165, 1.54) is 84.9 Å². The highest BCUT2D eigenvalue weighted by Gasteiger charge is 2.52. The largest absolute Gasteiger partial charge is 0.278 e. The van der Waals surface area contributed by atoms with Crippen molar-refractivity contribution in [3.63, 3.8) is 0 Å². The number of aromatic nitrogens is 3. The lowest BCUT2D eigenvalue weighted by Gasteiger charge is -2.44. The third kappa shape index (κ3) is 5.00. The third-order valence-corrected chi connectivity index (χ3v) is 15.6. The molecule has 298 valence electrons. The number of benzene rings is 9. The Hall–Kier alpha value is -7.77. The van der Waals surface area contributed by atoms with Crippen molar-refractivity contribution in [3.8, 4) is 45.0 Å². The Labute approximate surface area is 377 Å². The van der Waals surface area contributed by atoms with Gasteiger partial charge in [0.2, 0.25) is 5.95 Å². The van der Waals surface area contributed by atoms with Gasteiger partial charge in [-0.3, -0.25) is 4.90 Å². The molecule has 0 N–H and O–H groups in total. The van der Waals surface area contributed by atoms with Crippen molar-refractivity contribution in [2.24, 2.45) is 0 Å². The van der Waals surface area contributed by atoms with E-state index in [-0.39, 0.29) is 0 Å². The molecule has 0 atom stereocenters. The second-order valence-electron chi connectivity index (χ2n) is 16.7. The molecule has 0 bridgehead atoms. The van der Waals surface area contributed by atoms with E-state index in [9.17, 15) is 0 Å². The number of hydrogen-bond donors (Lipinski definition) is 0. The fraction of sp³-hybridized carbons (Fsp3) is 0.0172. The van der Waals surface area contributed by atoms with Crippen LogP contribution in [0.5, 0.6) is 0 Å². The molecule has 14 rings (SSSR count). The number of para-hydroxylation sites is 1. The summed E-state index contributed by atoms with van der Waals surface area (Å²) in [5, 5.41) is 5.03. The van der Waals surface area contributed by atoms with Gasteiger partial charge in [0.1, 0.15) is 0 Å². The molecule has 64 heavy (non-hydrogen) atoms. The number of thiophene rings is 2. The average molecular weight is 851 g/mol. The summed E-state index contributed by atoms with van der Waals surface area (Å²) in [7, 11) is 0. The van der Waals surface area contributed by atoms with E-state index in [0.717, 1.165) is 22.5 Å². The van der Waals surface area contributed by atoms with Crippen molar-refractivity contribution >= 4 is 80.3 Å². The molecule has 1 spiro atoms. The van der Waals surface area contributed by atoms with Crippen LogP contribution in [0.3, 0.4) is 0 Å². The number of nitrogens with zero attached hydrogens (tertiary/aromatic N) is 4. The average Bonchev–Trinajstić information content (AvgIpc) is 4.03. The molecule has 4 heterocycles. The zero-order valence-electron chi connectivity index (χ0n) is 34.2. The molecular weight excluding hydrogens is 817 g/mol. The summed E-state index contributed by atoms with van der Waals surface area (Å²) in [6.45, 7) is 0. The van der Waals surface area contributed by atoms with Crippen LogP contribution in [0.2, 0.25) is 0 Å². The number of hydrogen-bond acceptors (Lipinski definition) is 6. The molecule has 1 aliphatic heterocycles. The highest BCUT2D eigenvalue weighted by molar-refractivity contribution is 7.26. The van der Waals surface area contributed by atoms with Gasteiger partial charge < -0.3 is 0 Å². The number of fused-ring (bicyclic) bond motifs is 15. The Morgan fingerprint density at radius 2 is 0.906 bits per heavy atom. The smallest absolute Gasteiger partial charge is 0.238 e. The highest BCUT2D eigenvalue weighted by Crippen LogP contribution is 2.63. The summed E-state index contributed by atoms with van der Waals surface area (Å²) in [5.74, 6) is 1.82. The molecule has 12 aromatic rings. The maximum atomic E-state index is 5.48. The molecule has 0 fully saturated rings. The molecule has 6 heteroatoms. The van der Waals surface area contributed by atoms with Gasteiger partial charge >= 0.3 is 0 Å². The highest BCUT2D eigenvalue weighted by atomic mass is 32.1. The Morgan fingerprint density at radius 3 is 1.70 bits per heavy atom. The molecule has 0 radical (unpaired) electrons. The van der Waals surface area contributed by atoms with E-state index >= 15 is 0 Å². The topological polar surface area (TPSA) is 41.9 Å². The van der Waals surface area contributed by atoms with Crippen LogP contribution in [-0.4, -0.2) is 15.0 Å². The summed E-state index contributed by atoms with van der Waals surface area (Å²) < 4.78 is 5.09. The molecule has 0 saturated heterocycles. The predicted molar refractivity (Wildman–Crippen MR) is 267 cm³/mol. The fourth-order valence-electron chi connectivity index (χ4n) is 10.7.